The number of alkyl halides is 3. The molecule has 0 atom stereocenters. The highest BCUT2D eigenvalue weighted by molar-refractivity contribution is 7.93. The predicted molar refractivity (Wildman–Crippen MR) is 74.3 cm³/mol. The average molecular weight is 315 g/mol. The van der Waals surface area contributed by atoms with Gasteiger partial charge in [0.25, 0.3) is 0 Å². The van der Waals surface area contributed by atoms with Crippen LogP contribution in [0.3, 0.4) is 0 Å². The lowest BCUT2D eigenvalue weighted by Gasteiger charge is -2.14. The van der Waals surface area contributed by atoms with Crippen LogP contribution in [-0.2, 0) is 16.4 Å². The minimum atomic E-state index is -5.42. The van der Waals surface area contributed by atoms with Crippen molar-refractivity contribution >= 4 is 15.7 Å². The van der Waals surface area contributed by atoms with E-state index >= 15 is 0 Å². The molecule has 0 unspecified atom stereocenters. The van der Waals surface area contributed by atoms with Gasteiger partial charge in [0.1, 0.15) is 0 Å². The van der Waals surface area contributed by atoms with Crippen molar-refractivity contribution in [1.82, 2.24) is 0 Å². The summed E-state index contributed by atoms with van der Waals surface area (Å²) < 4.78 is 61.3. The molecule has 0 bridgehead atoms. The lowest BCUT2D eigenvalue weighted by Crippen LogP contribution is -2.30. The molecule has 0 aliphatic heterocycles. The summed E-state index contributed by atoms with van der Waals surface area (Å²) >= 11 is 0. The van der Waals surface area contributed by atoms with E-state index in [2.05, 4.69) is 0 Å². The molecular formula is C14H12F3NO2S. The average Bonchev–Trinajstić information content (AvgIpc) is 2.40. The lowest BCUT2D eigenvalue weighted by molar-refractivity contribution is -0.0429. The smallest absolute Gasteiger partial charge is 0.276 e. The summed E-state index contributed by atoms with van der Waals surface area (Å²) in [6, 6.07) is 15.1. The summed E-state index contributed by atoms with van der Waals surface area (Å²) in [5, 5.41) is 0. The minimum absolute atomic E-state index is 0.0707. The molecule has 0 aliphatic rings. The quantitative estimate of drug-likeness (QED) is 0.938. The molecule has 7 heteroatoms. The van der Waals surface area contributed by atoms with Crippen LogP contribution in [0.1, 0.15) is 11.1 Å². The maximum atomic E-state index is 12.4. The first-order valence-electron chi connectivity index (χ1n) is 6.00. The fraction of sp³-hybridized carbons (Fsp3) is 0.143. The van der Waals surface area contributed by atoms with Crippen LogP contribution in [0.4, 0.5) is 18.9 Å². The van der Waals surface area contributed by atoms with Gasteiger partial charge in [0, 0.05) is 0 Å². The van der Waals surface area contributed by atoms with Crippen LogP contribution < -0.4 is 4.72 Å². The maximum absolute atomic E-state index is 12.4. The summed E-state index contributed by atoms with van der Waals surface area (Å²) in [6.45, 7) is 0. The highest BCUT2D eigenvalue weighted by Gasteiger charge is 2.46. The van der Waals surface area contributed by atoms with Crippen molar-refractivity contribution in [3.8, 4) is 0 Å². The van der Waals surface area contributed by atoms with Gasteiger partial charge >= 0.3 is 15.5 Å². The van der Waals surface area contributed by atoms with Gasteiger partial charge in [0.2, 0.25) is 0 Å². The minimum Gasteiger partial charge on any atom is -0.276 e. The van der Waals surface area contributed by atoms with Crippen LogP contribution in [0.5, 0.6) is 0 Å². The van der Waals surface area contributed by atoms with E-state index in [-0.39, 0.29) is 5.69 Å². The van der Waals surface area contributed by atoms with Crippen LogP contribution >= 0.6 is 0 Å². The third-order valence-corrected chi connectivity index (χ3v) is 3.90. The van der Waals surface area contributed by atoms with E-state index in [1.807, 2.05) is 18.2 Å². The zero-order valence-electron chi connectivity index (χ0n) is 10.8. The Hall–Kier alpha value is -2.02. The zero-order valence-corrected chi connectivity index (χ0v) is 11.6. The zero-order chi connectivity index (χ0) is 15.5. The molecule has 2 rings (SSSR count). The van der Waals surface area contributed by atoms with Crippen molar-refractivity contribution in [2.75, 3.05) is 4.72 Å². The Kier molecular flexibility index (Phi) is 4.22. The molecular weight excluding hydrogens is 303 g/mol. The highest BCUT2D eigenvalue weighted by Crippen LogP contribution is 2.27. The molecule has 0 amide bonds. The molecule has 0 saturated carbocycles. The molecule has 0 spiro atoms. The molecule has 0 fully saturated rings. The molecule has 0 heterocycles. The highest BCUT2D eigenvalue weighted by atomic mass is 32.2. The standard InChI is InChI=1S/C14H12F3NO2S/c15-14(16,17)21(19,20)18-13-9-5-4-8-12(13)10-11-6-2-1-3-7-11/h1-9,18H,10H2. The van der Waals surface area contributed by atoms with E-state index in [4.69, 9.17) is 0 Å². The molecule has 21 heavy (non-hydrogen) atoms. The van der Waals surface area contributed by atoms with Gasteiger partial charge in [-0.15, -0.1) is 0 Å². The molecule has 2 aromatic carbocycles. The number of nitrogens with one attached hydrogen (secondary N) is 1. The van der Waals surface area contributed by atoms with Gasteiger partial charge in [-0.25, -0.2) is 0 Å². The summed E-state index contributed by atoms with van der Waals surface area (Å²) in [7, 11) is -5.42. The Labute approximate surface area is 120 Å². The first-order valence-corrected chi connectivity index (χ1v) is 7.49. The number of para-hydroxylation sites is 1. The molecule has 3 nitrogen and oxygen atoms in total. The third-order valence-electron chi connectivity index (χ3n) is 2.80. The Morgan fingerprint density at radius 1 is 0.905 bits per heavy atom. The summed E-state index contributed by atoms with van der Waals surface area (Å²) in [5.74, 6) is 0. The Bertz CT molecular complexity index is 712. The Balaban J connectivity index is 2.30. The normalized spacial score (nSPS) is 12.1. The largest absolute Gasteiger partial charge is 0.516 e. The third kappa shape index (κ3) is 3.75. The fourth-order valence-electron chi connectivity index (χ4n) is 1.79. The van der Waals surface area contributed by atoms with Crippen LogP contribution in [0.15, 0.2) is 54.6 Å². The second-order valence-corrected chi connectivity index (χ2v) is 6.04. The van der Waals surface area contributed by atoms with Crippen LogP contribution in [-0.4, -0.2) is 13.9 Å². The SMILES string of the molecule is O=S(=O)(Nc1ccccc1Cc1ccccc1)C(F)(F)F. The van der Waals surface area contributed by atoms with Gasteiger partial charge in [0.15, 0.2) is 0 Å². The predicted octanol–water partition coefficient (Wildman–Crippen LogP) is 3.54. The van der Waals surface area contributed by atoms with Crippen molar-refractivity contribution in [1.29, 1.82) is 0 Å². The van der Waals surface area contributed by atoms with Crippen molar-refractivity contribution in [2.45, 2.75) is 11.9 Å². The van der Waals surface area contributed by atoms with Gasteiger partial charge in [-0.1, -0.05) is 48.5 Å². The van der Waals surface area contributed by atoms with Crippen molar-refractivity contribution < 1.29 is 21.6 Å². The monoisotopic (exact) mass is 315 g/mol. The van der Waals surface area contributed by atoms with Crippen molar-refractivity contribution in [2.24, 2.45) is 0 Å². The maximum Gasteiger partial charge on any atom is 0.516 e. The second kappa shape index (κ2) is 5.77. The summed E-state index contributed by atoms with van der Waals surface area (Å²) in [4.78, 5) is 0. The molecule has 2 aromatic rings. The van der Waals surface area contributed by atoms with Gasteiger partial charge < -0.3 is 0 Å². The Morgan fingerprint density at radius 2 is 1.48 bits per heavy atom. The molecule has 0 aliphatic carbocycles. The number of hydrogen-bond acceptors (Lipinski definition) is 2. The Morgan fingerprint density at radius 3 is 2.10 bits per heavy atom. The van der Waals surface area contributed by atoms with Gasteiger partial charge in [0.05, 0.1) is 5.69 Å². The number of halogens is 3. The first-order chi connectivity index (χ1) is 9.79. The van der Waals surface area contributed by atoms with E-state index in [0.717, 1.165) is 5.56 Å². The molecule has 0 aromatic heterocycles. The van der Waals surface area contributed by atoms with Crippen LogP contribution in [0.2, 0.25) is 0 Å². The van der Waals surface area contributed by atoms with E-state index in [9.17, 15) is 21.6 Å². The summed E-state index contributed by atoms with van der Waals surface area (Å²) in [6.07, 6.45) is 0.331. The second-order valence-electron chi connectivity index (χ2n) is 4.37. The number of benzene rings is 2. The van der Waals surface area contributed by atoms with Crippen molar-refractivity contribution in [3.63, 3.8) is 0 Å². The number of hydrogen-bond donors (Lipinski definition) is 1. The first kappa shape index (κ1) is 15.4. The fourth-order valence-corrected chi connectivity index (χ4v) is 2.40. The lowest BCUT2D eigenvalue weighted by atomic mass is 10.0. The van der Waals surface area contributed by atoms with Gasteiger partial charge in [-0.3, -0.25) is 4.72 Å². The van der Waals surface area contributed by atoms with E-state index in [1.165, 1.54) is 12.1 Å². The topological polar surface area (TPSA) is 46.2 Å². The number of anilines is 1. The van der Waals surface area contributed by atoms with Crippen molar-refractivity contribution in [3.05, 3.63) is 65.7 Å². The van der Waals surface area contributed by atoms with E-state index in [1.54, 1.807) is 29.0 Å². The summed E-state index contributed by atoms with van der Waals surface area (Å²) in [5.41, 5.74) is -4.07. The van der Waals surface area contributed by atoms with Crippen LogP contribution in [0, 0.1) is 0 Å². The van der Waals surface area contributed by atoms with E-state index < -0.39 is 15.5 Å². The molecule has 1 N–H and O–H groups in total. The van der Waals surface area contributed by atoms with Crippen LogP contribution in [0.25, 0.3) is 0 Å². The molecule has 0 radical (unpaired) electrons. The van der Waals surface area contributed by atoms with Gasteiger partial charge in [-0.2, -0.15) is 21.6 Å². The van der Waals surface area contributed by atoms with Gasteiger partial charge in [-0.05, 0) is 23.6 Å². The number of rotatable bonds is 4. The van der Waals surface area contributed by atoms with E-state index in [0.29, 0.717) is 12.0 Å². The number of sulfonamides is 1. The molecule has 112 valence electrons. The molecule has 0 saturated heterocycles.